The summed E-state index contributed by atoms with van der Waals surface area (Å²) in [6.45, 7) is 3.41. The fourth-order valence-electron chi connectivity index (χ4n) is 4.55. The number of fused-ring (bicyclic) bond motifs is 1. The van der Waals surface area contributed by atoms with E-state index in [4.69, 9.17) is 9.72 Å². The van der Waals surface area contributed by atoms with E-state index in [1.165, 1.54) is 22.6 Å². The van der Waals surface area contributed by atoms with Crippen LogP contribution in [0.4, 0.5) is 10.8 Å². The molecule has 0 saturated heterocycles. The minimum Gasteiger partial charge on any atom is -0.371 e. The molecule has 0 bridgehead atoms. The monoisotopic (exact) mass is 433 g/mol. The largest absolute Gasteiger partial charge is 0.371 e. The molecule has 2 heterocycles. The highest BCUT2D eigenvalue weighted by Crippen LogP contribution is 2.37. The third kappa shape index (κ3) is 4.23. The summed E-state index contributed by atoms with van der Waals surface area (Å²) in [6.07, 6.45) is 4.08. The molecular weight excluding hydrogens is 406 g/mol. The first-order valence-electron chi connectivity index (χ1n) is 11.0. The van der Waals surface area contributed by atoms with Crippen LogP contribution in [0, 0.1) is 6.92 Å². The molecule has 31 heavy (non-hydrogen) atoms. The van der Waals surface area contributed by atoms with Crippen LogP contribution in [-0.2, 0) is 17.8 Å². The number of nitrogens with zero attached hydrogens (tertiary/aromatic N) is 2. The fourth-order valence-corrected chi connectivity index (χ4v) is 5.56. The molecule has 0 radical (unpaired) electrons. The zero-order valence-corrected chi connectivity index (χ0v) is 18.5. The van der Waals surface area contributed by atoms with Gasteiger partial charge >= 0.3 is 0 Å². The predicted molar refractivity (Wildman–Crippen MR) is 124 cm³/mol. The van der Waals surface area contributed by atoms with Gasteiger partial charge in [-0.25, -0.2) is 4.98 Å². The zero-order valence-electron chi connectivity index (χ0n) is 17.7. The van der Waals surface area contributed by atoms with Crippen LogP contribution < -0.4 is 10.2 Å². The van der Waals surface area contributed by atoms with Gasteiger partial charge in [0, 0.05) is 12.2 Å². The number of carbonyl (C=O) groups is 1. The number of thiazole rings is 1. The van der Waals surface area contributed by atoms with Gasteiger partial charge in [-0.05, 0) is 49.8 Å². The number of amides is 1. The number of rotatable bonds is 6. The lowest BCUT2D eigenvalue weighted by atomic mass is 10.2. The Balaban J connectivity index is 1.25. The number of hydrogen-bond acceptors (Lipinski definition) is 5. The van der Waals surface area contributed by atoms with Gasteiger partial charge in [0.2, 0.25) is 0 Å². The molecule has 160 valence electrons. The number of hydrogen-bond donors (Lipinski definition) is 1. The molecule has 0 unspecified atom stereocenters. The number of anilines is 2. The van der Waals surface area contributed by atoms with Crippen molar-refractivity contribution in [3.8, 4) is 0 Å². The first kappa shape index (κ1) is 20.2. The van der Waals surface area contributed by atoms with Crippen LogP contribution in [0.15, 0.2) is 54.6 Å². The summed E-state index contributed by atoms with van der Waals surface area (Å²) in [7, 11) is 0. The number of aromatic nitrogens is 1. The Morgan fingerprint density at radius 2 is 1.97 bits per heavy atom. The van der Waals surface area contributed by atoms with E-state index in [9.17, 15) is 4.79 Å². The molecule has 2 aromatic carbocycles. The van der Waals surface area contributed by atoms with Gasteiger partial charge in [0.25, 0.3) is 5.91 Å². The molecule has 1 saturated carbocycles. The minimum absolute atomic E-state index is 0.0334. The molecule has 5 rings (SSSR count). The third-order valence-electron chi connectivity index (χ3n) is 6.19. The highest BCUT2D eigenvalue weighted by atomic mass is 32.1. The molecular formula is C25H27N3O2S. The molecule has 0 spiro atoms. The lowest BCUT2D eigenvalue weighted by Crippen LogP contribution is -2.41. The van der Waals surface area contributed by atoms with Gasteiger partial charge < -0.3 is 15.0 Å². The quantitative estimate of drug-likeness (QED) is 0.593. The number of ether oxygens (including phenoxy) is 1. The van der Waals surface area contributed by atoms with E-state index in [1.54, 1.807) is 0 Å². The maximum absolute atomic E-state index is 13.1. The van der Waals surface area contributed by atoms with Crippen molar-refractivity contribution in [2.45, 2.75) is 51.4 Å². The Bertz CT molecular complexity index is 1070. The summed E-state index contributed by atoms with van der Waals surface area (Å²) in [6, 6.07) is 18.7. The molecule has 2 aliphatic rings. The van der Waals surface area contributed by atoms with Crippen molar-refractivity contribution in [2.24, 2.45) is 0 Å². The molecule has 1 aliphatic heterocycles. The van der Waals surface area contributed by atoms with E-state index < -0.39 is 0 Å². The summed E-state index contributed by atoms with van der Waals surface area (Å²) in [5.74, 6) is -0.0334. The topological polar surface area (TPSA) is 54.5 Å². The molecule has 5 nitrogen and oxygen atoms in total. The van der Waals surface area contributed by atoms with E-state index in [1.807, 2.05) is 25.1 Å². The van der Waals surface area contributed by atoms with Crippen LogP contribution in [0.2, 0.25) is 0 Å². The van der Waals surface area contributed by atoms with Crippen LogP contribution in [-0.4, -0.2) is 29.6 Å². The van der Waals surface area contributed by atoms with Gasteiger partial charge in [0.15, 0.2) is 5.13 Å². The average Bonchev–Trinajstić information content (AvgIpc) is 3.51. The first-order chi connectivity index (χ1) is 15.2. The van der Waals surface area contributed by atoms with Crippen LogP contribution in [0.3, 0.4) is 0 Å². The number of carbonyl (C=O) groups excluding carboxylic acids is 1. The first-order valence-corrected chi connectivity index (χ1v) is 11.8. The van der Waals surface area contributed by atoms with Crippen LogP contribution in [0.5, 0.6) is 0 Å². The Morgan fingerprint density at radius 1 is 1.16 bits per heavy atom. The van der Waals surface area contributed by atoms with Gasteiger partial charge in [-0.1, -0.05) is 59.9 Å². The molecule has 1 fully saturated rings. The third-order valence-corrected chi connectivity index (χ3v) is 7.36. The van der Waals surface area contributed by atoms with E-state index in [0.29, 0.717) is 11.5 Å². The number of nitrogens with one attached hydrogen (secondary N) is 1. The lowest BCUT2D eigenvalue weighted by molar-refractivity contribution is 0.0272. The van der Waals surface area contributed by atoms with Gasteiger partial charge in [-0.2, -0.15) is 0 Å². The van der Waals surface area contributed by atoms with Gasteiger partial charge in [0.1, 0.15) is 4.88 Å². The normalized spacial score (nSPS) is 20.1. The molecule has 1 aliphatic carbocycles. The van der Waals surface area contributed by atoms with Crippen molar-refractivity contribution in [3.05, 3.63) is 76.3 Å². The average molecular weight is 434 g/mol. The van der Waals surface area contributed by atoms with Gasteiger partial charge in [-0.15, -0.1) is 0 Å². The molecule has 1 aromatic heterocycles. The second-order valence-corrected chi connectivity index (χ2v) is 9.26. The summed E-state index contributed by atoms with van der Waals surface area (Å²) in [5.41, 5.74) is 4.49. The molecule has 2 atom stereocenters. The van der Waals surface area contributed by atoms with Crippen molar-refractivity contribution in [2.75, 3.05) is 11.4 Å². The summed E-state index contributed by atoms with van der Waals surface area (Å²) >= 11 is 1.49. The Hall–Kier alpha value is -2.70. The standard InChI is InChI=1S/C25H27N3O2S/c1-17-23(31-25(26-17)28-15-14-19-10-5-6-12-21(19)28)24(29)27-20-11-7-13-22(20)30-16-18-8-3-2-4-9-18/h2-6,8-10,12,20,22H,7,11,13-16H2,1H3,(H,27,29)/t20-,22-/m0/s1. The highest BCUT2D eigenvalue weighted by molar-refractivity contribution is 7.17. The highest BCUT2D eigenvalue weighted by Gasteiger charge is 2.31. The zero-order chi connectivity index (χ0) is 21.2. The van der Waals surface area contributed by atoms with Crippen LogP contribution in [0.1, 0.15) is 45.8 Å². The second kappa shape index (κ2) is 8.81. The van der Waals surface area contributed by atoms with Gasteiger partial charge in [-0.3, -0.25) is 4.79 Å². The number of benzene rings is 2. The molecule has 1 amide bonds. The Morgan fingerprint density at radius 3 is 2.84 bits per heavy atom. The lowest BCUT2D eigenvalue weighted by Gasteiger charge is -2.21. The SMILES string of the molecule is Cc1nc(N2CCc3ccccc32)sc1C(=O)N[C@H]1CCC[C@@H]1OCc1ccccc1. The minimum atomic E-state index is -0.0334. The molecule has 3 aromatic rings. The fraction of sp³-hybridized carbons (Fsp3) is 0.360. The summed E-state index contributed by atoms with van der Waals surface area (Å²) < 4.78 is 6.16. The number of aryl methyl sites for hydroxylation is 1. The van der Waals surface area contributed by atoms with Crippen molar-refractivity contribution < 1.29 is 9.53 Å². The smallest absolute Gasteiger partial charge is 0.263 e. The van der Waals surface area contributed by atoms with Gasteiger partial charge in [0.05, 0.1) is 24.4 Å². The van der Waals surface area contributed by atoms with E-state index in [0.717, 1.165) is 48.6 Å². The van der Waals surface area contributed by atoms with E-state index in [2.05, 4.69) is 46.6 Å². The van der Waals surface area contributed by atoms with Crippen LogP contribution >= 0.6 is 11.3 Å². The van der Waals surface area contributed by atoms with Crippen molar-refractivity contribution in [1.82, 2.24) is 10.3 Å². The maximum Gasteiger partial charge on any atom is 0.263 e. The number of para-hydroxylation sites is 1. The van der Waals surface area contributed by atoms with E-state index in [-0.39, 0.29) is 18.1 Å². The maximum atomic E-state index is 13.1. The van der Waals surface area contributed by atoms with Crippen LogP contribution in [0.25, 0.3) is 0 Å². The van der Waals surface area contributed by atoms with Crippen molar-refractivity contribution >= 4 is 28.1 Å². The summed E-state index contributed by atoms with van der Waals surface area (Å²) in [5, 5.41) is 4.13. The predicted octanol–water partition coefficient (Wildman–Crippen LogP) is 5.01. The molecule has 6 heteroatoms. The van der Waals surface area contributed by atoms with E-state index >= 15 is 0 Å². The second-order valence-electron chi connectivity index (χ2n) is 8.29. The Labute approximate surface area is 187 Å². The molecule has 1 N–H and O–H groups in total. The van der Waals surface area contributed by atoms with Crippen molar-refractivity contribution in [3.63, 3.8) is 0 Å². The van der Waals surface area contributed by atoms with Crippen molar-refractivity contribution in [1.29, 1.82) is 0 Å². The summed E-state index contributed by atoms with van der Waals surface area (Å²) in [4.78, 5) is 20.8. The Kier molecular flexibility index (Phi) is 5.74.